The molecule has 1 aliphatic heterocycles. The van der Waals surface area contributed by atoms with Crippen molar-refractivity contribution in [1.82, 2.24) is 5.32 Å². The Labute approximate surface area is 147 Å². The quantitative estimate of drug-likeness (QED) is 0.848. The highest BCUT2D eigenvalue weighted by molar-refractivity contribution is 5.93. The lowest BCUT2D eigenvalue weighted by Crippen LogP contribution is -2.47. The van der Waals surface area contributed by atoms with Crippen LogP contribution in [0.1, 0.15) is 50.4 Å². The van der Waals surface area contributed by atoms with E-state index in [2.05, 4.69) is 19.2 Å². The highest BCUT2D eigenvalue weighted by atomic mass is 16.7. The Morgan fingerprint density at radius 3 is 2.76 bits per heavy atom. The first kappa shape index (κ1) is 17.6. The van der Waals surface area contributed by atoms with Crippen LogP contribution in [0.15, 0.2) is 18.2 Å². The Morgan fingerprint density at radius 1 is 1.20 bits per heavy atom. The van der Waals surface area contributed by atoms with Crippen LogP contribution in [0, 0.1) is 11.8 Å². The van der Waals surface area contributed by atoms with Crippen LogP contribution in [0.4, 0.5) is 0 Å². The molecule has 0 radical (unpaired) electrons. The second-order valence-electron chi connectivity index (χ2n) is 7.00. The van der Waals surface area contributed by atoms with Gasteiger partial charge in [-0.3, -0.25) is 4.79 Å². The summed E-state index contributed by atoms with van der Waals surface area (Å²) in [7, 11) is 0. The second kappa shape index (κ2) is 7.33. The molecule has 1 saturated carbocycles. The number of esters is 1. The standard InChI is InChI=1S/C19H25NO5/c1-11-5-4-6-15(12(11)2)20-18(21)13(3)25-19(22)14-7-8-16-17(9-14)24-10-23-16/h7-9,11-13,15H,4-6,10H2,1-3H3,(H,20,21). The molecule has 4 unspecified atom stereocenters. The summed E-state index contributed by atoms with van der Waals surface area (Å²) in [5.74, 6) is 1.32. The van der Waals surface area contributed by atoms with Gasteiger partial charge < -0.3 is 19.5 Å². The lowest BCUT2D eigenvalue weighted by Gasteiger charge is -2.35. The normalized spacial score (nSPS) is 26.0. The van der Waals surface area contributed by atoms with E-state index in [4.69, 9.17) is 14.2 Å². The van der Waals surface area contributed by atoms with Gasteiger partial charge in [0.15, 0.2) is 17.6 Å². The SMILES string of the molecule is CC(OC(=O)c1ccc2c(c1)OCO2)C(=O)NC1CCCC(C)C1C. The van der Waals surface area contributed by atoms with Gasteiger partial charge >= 0.3 is 5.97 Å². The van der Waals surface area contributed by atoms with Crippen molar-refractivity contribution in [2.45, 2.75) is 52.2 Å². The highest BCUT2D eigenvalue weighted by Gasteiger charge is 2.30. The maximum Gasteiger partial charge on any atom is 0.339 e. The number of hydrogen-bond acceptors (Lipinski definition) is 5. The van der Waals surface area contributed by atoms with Crippen LogP contribution in [0.3, 0.4) is 0 Å². The molecule has 2 aliphatic rings. The maximum atomic E-state index is 12.4. The van der Waals surface area contributed by atoms with Gasteiger partial charge in [0.25, 0.3) is 5.91 Å². The minimum absolute atomic E-state index is 0.142. The molecule has 4 atom stereocenters. The minimum Gasteiger partial charge on any atom is -0.454 e. The predicted molar refractivity (Wildman–Crippen MR) is 91.6 cm³/mol. The number of carbonyl (C=O) groups excluding carboxylic acids is 2. The van der Waals surface area contributed by atoms with Gasteiger partial charge in [-0.25, -0.2) is 4.79 Å². The first-order chi connectivity index (χ1) is 12.0. The smallest absolute Gasteiger partial charge is 0.339 e. The first-order valence-corrected chi connectivity index (χ1v) is 8.86. The maximum absolute atomic E-state index is 12.4. The van der Waals surface area contributed by atoms with E-state index in [0.29, 0.717) is 28.9 Å². The number of fused-ring (bicyclic) bond motifs is 1. The predicted octanol–water partition coefficient (Wildman–Crippen LogP) is 2.90. The van der Waals surface area contributed by atoms with Gasteiger partial charge in [-0.05, 0) is 43.4 Å². The topological polar surface area (TPSA) is 73.9 Å². The van der Waals surface area contributed by atoms with E-state index in [1.807, 2.05) is 0 Å². The number of hydrogen-bond donors (Lipinski definition) is 1. The van der Waals surface area contributed by atoms with Gasteiger partial charge in [-0.2, -0.15) is 0 Å². The molecule has 0 aromatic heterocycles. The molecular formula is C19H25NO5. The van der Waals surface area contributed by atoms with Gasteiger partial charge in [0.05, 0.1) is 5.56 Å². The summed E-state index contributed by atoms with van der Waals surface area (Å²) in [5.41, 5.74) is 0.337. The third-order valence-corrected chi connectivity index (χ3v) is 5.30. The van der Waals surface area contributed by atoms with E-state index in [0.717, 1.165) is 12.8 Å². The summed E-state index contributed by atoms with van der Waals surface area (Å²) in [4.78, 5) is 24.7. The van der Waals surface area contributed by atoms with Crippen LogP contribution in [-0.4, -0.2) is 30.8 Å². The Morgan fingerprint density at radius 2 is 1.96 bits per heavy atom. The average Bonchev–Trinajstić information content (AvgIpc) is 3.06. The number of amides is 1. The van der Waals surface area contributed by atoms with Crippen LogP contribution in [-0.2, 0) is 9.53 Å². The molecule has 0 bridgehead atoms. The third-order valence-electron chi connectivity index (χ3n) is 5.30. The van der Waals surface area contributed by atoms with Crippen molar-refractivity contribution in [3.05, 3.63) is 23.8 Å². The van der Waals surface area contributed by atoms with Crippen LogP contribution >= 0.6 is 0 Å². The Kier molecular flexibility index (Phi) is 5.16. The highest BCUT2D eigenvalue weighted by Crippen LogP contribution is 2.33. The molecule has 1 aromatic rings. The van der Waals surface area contributed by atoms with Crippen LogP contribution in [0.5, 0.6) is 11.5 Å². The van der Waals surface area contributed by atoms with E-state index in [1.54, 1.807) is 25.1 Å². The van der Waals surface area contributed by atoms with Gasteiger partial charge in [-0.1, -0.05) is 26.7 Å². The van der Waals surface area contributed by atoms with Crippen molar-refractivity contribution < 1.29 is 23.8 Å². The fourth-order valence-corrected chi connectivity index (χ4v) is 3.39. The molecule has 1 aromatic carbocycles. The lowest BCUT2D eigenvalue weighted by atomic mass is 9.78. The van der Waals surface area contributed by atoms with Crippen molar-refractivity contribution in [2.75, 3.05) is 6.79 Å². The van der Waals surface area contributed by atoms with Crippen LogP contribution in [0.2, 0.25) is 0 Å². The fourth-order valence-electron chi connectivity index (χ4n) is 3.39. The summed E-state index contributed by atoms with van der Waals surface area (Å²) >= 11 is 0. The van der Waals surface area contributed by atoms with Gasteiger partial charge in [-0.15, -0.1) is 0 Å². The average molecular weight is 347 g/mol. The Bertz CT molecular complexity index is 659. The zero-order chi connectivity index (χ0) is 18.0. The number of carbonyl (C=O) groups is 2. The van der Waals surface area contributed by atoms with E-state index in [1.165, 1.54) is 6.42 Å². The summed E-state index contributed by atoms with van der Waals surface area (Å²) in [6.07, 6.45) is 2.44. The summed E-state index contributed by atoms with van der Waals surface area (Å²) in [6.45, 7) is 6.12. The molecule has 0 spiro atoms. The van der Waals surface area contributed by atoms with E-state index in [-0.39, 0.29) is 18.7 Å². The number of benzene rings is 1. The second-order valence-corrected chi connectivity index (χ2v) is 7.00. The molecule has 1 amide bonds. The molecule has 1 heterocycles. The molecule has 1 N–H and O–H groups in total. The van der Waals surface area contributed by atoms with E-state index < -0.39 is 12.1 Å². The van der Waals surface area contributed by atoms with E-state index >= 15 is 0 Å². The number of nitrogens with one attached hydrogen (secondary N) is 1. The molecule has 1 aliphatic carbocycles. The molecule has 6 nitrogen and oxygen atoms in total. The number of rotatable bonds is 4. The van der Waals surface area contributed by atoms with Gasteiger partial charge in [0.2, 0.25) is 6.79 Å². The summed E-state index contributed by atoms with van der Waals surface area (Å²) in [6, 6.07) is 4.98. The van der Waals surface area contributed by atoms with Crippen molar-refractivity contribution in [3.63, 3.8) is 0 Å². The zero-order valence-electron chi connectivity index (χ0n) is 14.9. The monoisotopic (exact) mass is 347 g/mol. The summed E-state index contributed by atoms with van der Waals surface area (Å²) < 4.78 is 15.8. The van der Waals surface area contributed by atoms with Gasteiger partial charge in [0.1, 0.15) is 0 Å². The van der Waals surface area contributed by atoms with Crippen LogP contribution < -0.4 is 14.8 Å². The van der Waals surface area contributed by atoms with Crippen molar-refractivity contribution in [1.29, 1.82) is 0 Å². The largest absolute Gasteiger partial charge is 0.454 e. The summed E-state index contributed by atoms with van der Waals surface area (Å²) in [5, 5.41) is 3.04. The van der Waals surface area contributed by atoms with Crippen molar-refractivity contribution in [2.24, 2.45) is 11.8 Å². The zero-order valence-corrected chi connectivity index (χ0v) is 14.9. The Hall–Kier alpha value is -2.24. The molecule has 1 fully saturated rings. The van der Waals surface area contributed by atoms with Gasteiger partial charge in [0, 0.05) is 6.04 Å². The van der Waals surface area contributed by atoms with Crippen molar-refractivity contribution >= 4 is 11.9 Å². The molecule has 3 rings (SSSR count). The lowest BCUT2D eigenvalue weighted by molar-refractivity contribution is -0.130. The molecular weight excluding hydrogens is 322 g/mol. The van der Waals surface area contributed by atoms with E-state index in [9.17, 15) is 9.59 Å². The first-order valence-electron chi connectivity index (χ1n) is 8.86. The Balaban J connectivity index is 1.56. The van der Waals surface area contributed by atoms with Crippen molar-refractivity contribution in [3.8, 4) is 11.5 Å². The molecule has 6 heteroatoms. The third kappa shape index (κ3) is 3.89. The minimum atomic E-state index is -0.845. The number of ether oxygens (including phenoxy) is 3. The fraction of sp³-hybridized carbons (Fsp3) is 0.579. The molecule has 25 heavy (non-hydrogen) atoms. The molecule has 136 valence electrons. The van der Waals surface area contributed by atoms with Crippen LogP contribution in [0.25, 0.3) is 0 Å². The molecule has 0 saturated heterocycles.